The quantitative estimate of drug-likeness (QED) is 0.779. The van der Waals surface area contributed by atoms with Crippen LogP contribution in [0.15, 0.2) is 30.3 Å². The maximum Gasteiger partial charge on any atom is 0.330 e. The Labute approximate surface area is 113 Å². The fraction of sp³-hybridized carbons (Fsp3) is 0.429. The van der Waals surface area contributed by atoms with E-state index in [0.717, 1.165) is 0 Å². The van der Waals surface area contributed by atoms with Crippen LogP contribution in [0.3, 0.4) is 0 Å². The summed E-state index contributed by atoms with van der Waals surface area (Å²) < 4.78 is 0. The average Bonchev–Trinajstić information content (AvgIpc) is 2.33. The first-order valence-electron chi connectivity index (χ1n) is 6.12. The van der Waals surface area contributed by atoms with Gasteiger partial charge in [0.1, 0.15) is 0 Å². The number of nitrogens with one attached hydrogen (secondary N) is 2. The maximum absolute atomic E-state index is 11.7. The van der Waals surface area contributed by atoms with E-state index < -0.39 is 18.0 Å². The topological polar surface area (TPSA) is 78.4 Å². The smallest absolute Gasteiger partial charge is 0.330 e. The molecule has 1 rings (SSSR count). The molecule has 3 N–H and O–H groups in total. The number of urea groups is 1. The summed E-state index contributed by atoms with van der Waals surface area (Å²) in [6.45, 7) is 6.43. The highest BCUT2D eigenvalue weighted by Crippen LogP contribution is 2.13. The van der Waals surface area contributed by atoms with E-state index in [1.807, 2.05) is 20.8 Å². The van der Waals surface area contributed by atoms with Crippen LogP contribution in [0.5, 0.6) is 0 Å². The van der Waals surface area contributed by atoms with Crippen molar-refractivity contribution in [1.29, 1.82) is 0 Å². The van der Waals surface area contributed by atoms with Crippen LogP contribution in [0.1, 0.15) is 32.4 Å². The van der Waals surface area contributed by atoms with Gasteiger partial charge in [-0.25, -0.2) is 9.59 Å². The number of benzene rings is 1. The van der Waals surface area contributed by atoms with Crippen molar-refractivity contribution in [3.8, 4) is 0 Å². The molecule has 104 valence electrons. The fourth-order valence-electron chi connectivity index (χ4n) is 1.46. The first-order valence-corrected chi connectivity index (χ1v) is 6.12. The van der Waals surface area contributed by atoms with E-state index in [4.69, 9.17) is 5.11 Å². The van der Waals surface area contributed by atoms with Gasteiger partial charge in [-0.3, -0.25) is 0 Å². The SMILES string of the molecule is CC(C)(C)CNC(=O)N[C@H](C(=O)O)c1ccccc1. The van der Waals surface area contributed by atoms with Crippen molar-refractivity contribution >= 4 is 12.0 Å². The minimum atomic E-state index is -1.09. The predicted octanol–water partition coefficient (Wildman–Crippen LogP) is 2.16. The lowest BCUT2D eigenvalue weighted by Gasteiger charge is -2.20. The lowest BCUT2D eigenvalue weighted by molar-refractivity contribution is -0.139. The molecule has 5 heteroatoms. The number of hydrogen-bond donors (Lipinski definition) is 3. The van der Waals surface area contributed by atoms with Crippen LogP contribution in [0.2, 0.25) is 0 Å². The molecule has 0 radical (unpaired) electrons. The summed E-state index contributed by atoms with van der Waals surface area (Å²) in [4.78, 5) is 22.9. The second-order valence-corrected chi connectivity index (χ2v) is 5.57. The van der Waals surface area contributed by atoms with Gasteiger partial charge in [0.25, 0.3) is 0 Å². The van der Waals surface area contributed by atoms with Gasteiger partial charge < -0.3 is 15.7 Å². The Bertz CT molecular complexity index is 438. The van der Waals surface area contributed by atoms with Crippen molar-refractivity contribution < 1.29 is 14.7 Å². The van der Waals surface area contributed by atoms with Crippen LogP contribution in [-0.4, -0.2) is 23.7 Å². The first-order chi connectivity index (χ1) is 8.79. The molecule has 0 unspecified atom stereocenters. The molecule has 0 heterocycles. The zero-order chi connectivity index (χ0) is 14.5. The lowest BCUT2D eigenvalue weighted by atomic mass is 9.97. The second-order valence-electron chi connectivity index (χ2n) is 5.57. The van der Waals surface area contributed by atoms with E-state index in [0.29, 0.717) is 12.1 Å². The van der Waals surface area contributed by atoms with Crippen LogP contribution in [0.4, 0.5) is 4.79 Å². The summed E-state index contributed by atoms with van der Waals surface area (Å²) in [5.74, 6) is -1.09. The molecule has 0 saturated carbocycles. The number of carboxylic acids is 1. The van der Waals surface area contributed by atoms with Gasteiger partial charge in [-0.2, -0.15) is 0 Å². The number of carboxylic acid groups (broad SMARTS) is 1. The van der Waals surface area contributed by atoms with Crippen LogP contribution >= 0.6 is 0 Å². The zero-order valence-electron chi connectivity index (χ0n) is 11.4. The molecule has 0 saturated heterocycles. The third kappa shape index (κ3) is 5.42. The van der Waals surface area contributed by atoms with Crippen LogP contribution < -0.4 is 10.6 Å². The number of carbonyl (C=O) groups is 2. The Kier molecular flexibility index (Phi) is 4.92. The van der Waals surface area contributed by atoms with Gasteiger partial charge in [-0.1, -0.05) is 51.1 Å². The second kappa shape index (κ2) is 6.22. The standard InChI is InChI=1S/C14H20N2O3/c1-14(2,3)9-15-13(19)16-11(12(17)18)10-7-5-4-6-8-10/h4-8,11H,9H2,1-3H3,(H,17,18)(H2,15,16,19)/t11-/m0/s1. The first kappa shape index (κ1) is 15.0. The molecule has 2 amide bonds. The summed E-state index contributed by atoms with van der Waals surface area (Å²) in [5.41, 5.74) is 0.490. The minimum Gasteiger partial charge on any atom is -0.479 e. The number of hydrogen-bond acceptors (Lipinski definition) is 2. The van der Waals surface area contributed by atoms with E-state index in [1.54, 1.807) is 30.3 Å². The minimum absolute atomic E-state index is 0.0528. The lowest BCUT2D eigenvalue weighted by Crippen LogP contribution is -2.43. The third-order valence-corrected chi connectivity index (χ3v) is 2.43. The highest BCUT2D eigenvalue weighted by molar-refractivity contribution is 5.83. The molecule has 0 aliphatic heterocycles. The van der Waals surface area contributed by atoms with E-state index in [2.05, 4.69) is 10.6 Å². The summed E-state index contributed by atoms with van der Waals surface area (Å²) in [5, 5.41) is 14.3. The molecule has 0 aromatic heterocycles. The predicted molar refractivity (Wildman–Crippen MR) is 72.8 cm³/mol. The van der Waals surface area contributed by atoms with Gasteiger partial charge in [0, 0.05) is 6.54 Å². The van der Waals surface area contributed by atoms with Gasteiger partial charge in [0.2, 0.25) is 0 Å². The summed E-state index contributed by atoms with van der Waals surface area (Å²) >= 11 is 0. The van der Waals surface area contributed by atoms with Crippen molar-refractivity contribution in [3.63, 3.8) is 0 Å². The Morgan fingerprint density at radius 1 is 1.21 bits per heavy atom. The molecule has 19 heavy (non-hydrogen) atoms. The summed E-state index contributed by atoms with van der Waals surface area (Å²) in [7, 11) is 0. The van der Waals surface area contributed by atoms with E-state index in [9.17, 15) is 9.59 Å². The Balaban J connectivity index is 2.65. The van der Waals surface area contributed by atoms with E-state index in [-0.39, 0.29) is 5.41 Å². The molecule has 0 aliphatic carbocycles. The molecule has 1 aromatic rings. The van der Waals surface area contributed by atoms with Crippen LogP contribution in [-0.2, 0) is 4.79 Å². The van der Waals surface area contributed by atoms with Gasteiger partial charge >= 0.3 is 12.0 Å². The maximum atomic E-state index is 11.7. The van der Waals surface area contributed by atoms with Crippen molar-refractivity contribution in [3.05, 3.63) is 35.9 Å². The Morgan fingerprint density at radius 3 is 2.26 bits per heavy atom. The van der Waals surface area contributed by atoms with Gasteiger partial charge in [-0.05, 0) is 11.0 Å². The van der Waals surface area contributed by atoms with Gasteiger partial charge in [0.15, 0.2) is 6.04 Å². The van der Waals surface area contributed by atoms with E-state index >= 15 is 0 Å². The molecule has 0 fully saturated rings. The molecule has 0 bridgehead atoms. The number of amides is 2. The highest BCUT2D eigenvalue weighted by atomic mass is 16.4. The largest absolute Gasteiger partial charge is 0.479 e. The Hall–Kier alpha value is -2.04. The van der Waals surface area contributed by atoms with Crippen molar-refractivity contribution in [1.82, 2.24) is 10.6 Å². The Morgan fingerprint density at radius 2 is 1.79 bits per heavy atom. The van der Waals surface area contributed by atoms with Crippen molar-refractivity contribution in [2.24, 2.45) is 5.41 Å². The monoisotopic (exact) mass is 264 g/mol. The summed E-state index contributed by atoms with van der Waals surface area (Å²) in [6, 6.07) is 7.08. The van der Waals surface area contributed by atoms with Crippen LogP contribution in [0.25, 0.3) is 0 Å². The normalized spacial score (nSPS) is 12.6. The van der Waals surface area contributed by atoms with Gasteiger partial charge in [-0.15, -0.1) is 0 Å². The van der Waals surface area contributed by atoms with E-state index in [1.165, 1.54) is 0 Å². The molecule has 0 aliphatic rings. The number of rotatable bonds is 4. The van der Waals surface area contributed by atoms with Crippen molar-refractivity contribution in [2.45, 2.75) is 26.8 Å². The van der Waals surface area contributed by atoms with Crippen LogP contribution in [0, 0.1) is 5.41 Å². The number of aliphatic carboxylic acids is 1. The molecule has 1 aromatic carbocycles. The highest BCUT2D eigenvalue weighted by Gasteiger charge is 2.22. The molecular formula is C14H20N2O3. The zero-order valence-corrected chi connectivity index (χ0v) is 11.4. The summed E-state index contributed by atoms with van der Waals surface area (Å²) in [6.07, 6.45) is 0. The molecule has 5 nitrogen and oxygen atoms in total. The third-order valence-electron chi connectivity index (χ3n) is 2.43. The van der Waals surface area contributed by atoms with Crippen molar-refractivity contribution in [2.75, 3.05) is 6.54 Å². The molecule has 0 spiro atoms. The van der Waals surface area contributed by atoms with Gasteiger partial charge in [0.05, 0.1) is 0 Å². The average molecular weight is 264 g/mol. The number of carbonyl (C=O) groups excluding carboxylic acids is 1. The molecule has 1 atom stereocenters. The molecular weight excluding hydrogens is 244 g/mol. The fourth-order valence-corrected chi connectivity index (χ4v) is 1.46.